The number of benzene rings is 2. The van der Waals surface area contributed by atoms with Gasteiger partial charge in [0.15, 0.2) is 0 Å². The van der Waals surface area contributed by atoms with Crippen LogP contribution in [-0.2, 0) is 11.0 Å². The van der Waals surface area contributed by atoms with Crippen molar-refractivity contribution in [3.63, 3.8) is 0 Å². The maximum Gasteiger partial charge on any atom is 0.416 e. The largest absolute Gasteiger partial charge is 0.416 e. The van der Waals surface area contributed by atoms with Crippen LogP contribution >= 0.6 is 0 Å². The van der Waals surface area contributed by atoms with E-state index in [1.807, 2.05) is 0 Å². The van der Waals surface area contributed by atoms with E-state index in [-0.39, 0.29) is 17.4 Å². The number of carbonyl (C=O) groups is 1. The van der Waals surface area contributed by atoms with Gasteiger partial charge in [-0.3, -0.25) is 4.79 Å². The van der Waals surface area contributed by atoms with Crippen molar-refractivity contribution >= 4 is 17.3 Å². The fourth-order valence-electron chi connectivity index (χ4n) is 3.75. The van der Waals surface area contributed by atoms with E-state index in [0.717, 1.165) is 18.6 Å². The first-order valence-corrected chi connectivity index (χ1v) is 9.34. The fourth-order valence-corrected chi connectivity index (χ4v) is 3.75. The van der Waals surface area contributed by atoms with Crippen LogP contribution < -0.4 is 10.6 Å². The molecule has 1 fully saturated rings. The lowest BCUT2D eigenvalue weighted by Gasteiger charge is -2.29. The molecule has 2 N–H and O–H groups in total. The molecule has 0 bridgehead atoms. The Bertz CT molecular complexity index is 897. The molecule has 1 aliphatic carbocycles. The first-order chi connectivity index (χ1) is 13.7. The lowest BCUT2D eigenvalue weighted by molar-refractivity contribution is -0.137. The van der Waals surface area contributed by atoms with Gasteiger partial charge in [-0.1, -0.05) is 12.5 Å². The standard InChI is InChI=1S/C21H21F5N2O/c1-27-15-6-7-16(17(22)11-15)12-3-2-4-13(9-12)20(29)28-19-8-5-14(10-18(19)23)21(24,25)26/h5-8,10-13,27H,2-4,9H2,1H3,(H,28,29). The number of anilines is 2. The summed E-state index contributed by atoms with van der Waals surface area (Å²) in [5.41, 5.74) is -0.239. The smallest absolute Gasteiger partial charge is 0.388 e. The topological polar surface area (TPSA) is 41.1 Å². The molecule has 156 valence electrons. The molecule has 2 unspecified atom stereocenters. The molecule has 2 aromatic rings. The molecule has 1 saturated carbocycles. The van der Waals surface area contributed by atoms with Crippen LogP contribution in [0.25, 0.3) is 0 Å². The predicted octanol–water partition coefficient (Wildman–Crippen LogP) is 5.94. The summed E-state index contributed by atoms with van der Waals surface area (Å²) in [6.07, 6.45) is -2.28. The number of alkyl halides is 3. The van der Waals surface area contributed by atoms with E-state index in [4.69, 9.17) is 0 Å². The highest BCUT2D eigenvalue weighted by Gasteiger charge is 2.32. The highest BCUT2D eigenvalue weighted by Crippen LogP contribution is 2.38. The Balaban J connectivity index is 1.70. The molecule has 29 heavy (non-hydrogen) atoms. The maximum absolute atomic E-state index is 14.4. The molecule has 1 amide bonds. The van der Waals surface area contributed by atoms with Gasteiger partial charge in [0.25, 0.3) is 0 Å². The Kier molecular flexibility index (Phi) is 6.10. The van der Waals surface area contributed by atoms with Crippen molar-refractivity contribution in [2.45, 2.75) is 37.8 Å². The number of hydrogen-bond donors (Lipinski definition) is 2. The third-order valence-corrected chi connectivity index (χ3v) is 5.33. The lowest BCUT2D eigenvalue weighted by Crippen LogP contribution is -2.28. The summed E-state index contributed by atoms with van der Waals surface area (Å²) in [6.45, 7) is 0. The van der Waals surface area contributed by atoms with Crippen LogP contribution in [0.1, 0.15) is 42.7 Å². The van der Waals surface area contributed by atoms with Gasteiger partial charge in [-0.05, 0) is 61.1 Å². The van der Waals surface area contributed by atoms with Crippen molar-refractivity contribution in [1.29, 1.82) is 0 Å². The van der Waals surface area contributed by atoms with Gasteiger partial charge in [0, 0.05) is 18.7 Å². The summed E-state index contributed by atoms with van der Waals surface area (Å²) >= 11 is 0. The Morgan fingerprint density at radius 2 is 1.79 bits per heavy atom. The van der Waals surface area contributed by atoms with E-state index in [2.05, 4.69) is 10.6 Å². The minimum Gasteiger partial charge on any atom is -0.388 e. The van der Waals surface area contributed by atoms with Crippen molar-refractivity contribution in [2.24, 2.45) is 5.92 Å². The monoisotopic (exact) mass is 412 g/mol. The zero-order chi connectivity index (χ0) is 21.2. The summed E-state index contributed by atoms with van der Waals surface area (Å²) < 4.78 is 66.4. The molecule has 8 heteroatoms. The molecule has 0 aliphatic heterocycles. The average Bonchev–Trinajstić information content (AvgIpc) is 2.68. The van der Waals surface area contributed by atoms with Crippen molar-refractivity contribution in [2.75, 3.05) is 17.7 Å². The molecule has 0 heterocycles. The molecule has 0 radical (unpaired) electrons. The number of amides is 1. The van der Waals surface area contributed by atoms with Crippen LogP contribution in [0.2, 0.25) is 0 Å². The molecule has 2 atom stereocenters. The third kappa shape index (κ3) is 4.86. The van der Waals surface area contributed by atoms with Gasteiger partial charge in [0.2, 0.25) is 5.91 Å². The zero-order valence-corrected chi connectivity index (χ0v) is 15.7. The van der Waals surface area contributed by atoms with Gasteiger partial charge >= 0.3 is 6.18 Å². The van der Waals surface area contributed by atoms with E-state index in [9.17, 15) is 26.7 Å². The molecule has 3 rings (SSSR count). The van der Waals surface area contributed by atoms with Crippen LogP contribution in [0, 0.1) is 17.6 Å². The molecule has 0 saturated heterocycles. The van der Waals surface area contributed by atoms with Crippen LogP contribution in [0.5, 0.6) is 0 Å². The van der Waals surface area contributed by atoms with Gasteiger partial charge in [-0.25, -0.2) is 8.78 Å². The highest BCUT2D eigenvalue weighted by molar-refractivity contribution is 5.92. The van der Waals surface area contributed by atoms with Crippen LogP contribution in [0.3, 0.4) is 0 Å². The fraction of sp³-hybridized carbons (Fsp3) is 0.381. The summed E-state index contributed by atoms with van der Waals surface area (Å²) in [5, 5.41) is 5.24. The normalized spacial score (nSPS) is 19.7. The second kappa shape index (κ2) is 8.39. The van der Waals surface area contributed by atoms with Crippen LogP contribution in [0.4, 0.5) is 33.3 Å². The quantitative estimate of drug-likeness (QED) is 0.611. The molecule has 0 spiro atoms. The SMILES string of the molecule is CNc1ccc(C2CCCC(C(=O)Nc3ccc(C(F)(F)F)cc3F)C2)c(F)c1. The van der Waals surface area contributed by atoms with Crippen LogP contribution in [-0.4, -0.2) is 13.0 Å². The molecule has 2 aromatic carbocycles. The van der Waals surface area contributed by atoms with E-state index in [1.165, 1.54) is 6.07 Å². The Hall–Kier alpha value is -2.64. The van der Waals surface area contributed by atoms with Gasteiger partial charge in [-0.2, -0.15) is 13.2 Å². The Labute approximate surface area is 165 Å². The molecular weight excluding hydrogens is 391 g/mol. The third-order valence-electron chi connectivity index (χ3n) is 5.33. The average molecular weight is 412 g/mol. The molecule has 0 aromatic heterocycles. The van der Waals surface area contributed by atoms with Crippen molar-refractivity contribution in [3.8, 4) is 0 Å². The zero-order valence-electron chi connectivity index (χ0n) is 15.7. The van der Waals surface area contributed by atoms with Crippen molar-refractivity contribution in [3.05, 3.63) is 59.2 Å². The van der Waals surface area contributed by atoms with Crippen molar-refractivity contribution in [1.82, 2.24) is 0 Å². The summed E-state index contributed by atoms with van der Waals surface area (Å²) in [6, 6.07) is 6.85. The number of nitrogens with one attached hydrogen (secondary N) is 2. The second-order valence-electron chi connectivity index (χ2n) is 7.23. The number of rotatable bonds is 4. The van der Waals surface area contributed by atoms with Gasteiger partial charge < -0.3 is 10.6 Å². The minimum atomic E-state index is -4.66. The number of hydrogen-bond acceptors (Lipinski definition) is 2. The summed E-state index contributed by atoms with van der Waals surface area (Å²) in [7, 11) is 1.69. The van der Waals surface area contributed by atoms with Gasteiger partial charge in [0.05, 0.1) is 11.3 Å². The summed E-state index contributed by atoms with van der Waals surface area (Å²) in [5.74, 6) is -2.59. The van der Waals surface area contributed by atoms with E-state index in [1.54, 1.807) is 19.2 Å². The Morgan fingerprint density at radius 3 is 2.41 bits per heavy atom. The molecule has 1 aliphatic rings. The molecule has 3 nitrogen and oxygen atoms in total. The van der Waals surface area contributed by atoms with E-state index >= 15 is 0 Å². The van der Waals surface area contributed by atoms with E-state index < -0.39 is 29.4 Å². The minimum absolute atomic E-state index is 0.150. The number of halogens is 5. The first kappa shape index (κ1) is 21.1. The number of carbonyl (C=O) groups excluding carboxylic acids is 1. The Morgan fingerprint density at radius 1 is 1.03 bits per heavy atom. The van der Waals surface area contributed by atoms with E-state index in [0.29, 0.717) is 36.6 Å². The van der Waals surface area contributed by atoms with Crippen LogP contribution in [0.15, 0.2) is 36.4 Å². The molecular formula is C21H21F5N2O. The second-order valence-corrected chi connectivity index (χ2v) is 7.23. The van der Waals surface area contributed by atoms with Crippen molar-refractivity contribution < 1.29 is 26.7 Å². The summed E-state index contributed by atoms with van der Waals surface area (Å²) in [4.78, 5) is 12.6. The van der Waals surface area contributed by atoms with Gasteiger partial charge in [0.1, 0.15) is 11.6 Å². The highest BCUT2D eigenvalue weighted by atomic mass is 19.4. The lowest BCUT2D eigenvalue weighted by atomic mass is 9.77. The predicted molar refractivity (Wildman–Crippen MR) is 101 cm³/mol. The first-order valence-electron chi connectivity index (χ1n) is 9.34. The van der Waals surface area contributed by atoms with Gasteiger partial charge in [-0.15, -0.1) is 0 Å². The maximum atomic E-state index is 14.4.